The molecule has 0 saturated heterocycles. The first-order chi connectivity index (χ1) is 8.11. The Morgan fingerprint density at radius 1 is 1.00 bits per heavy atom. The summed E-state index contributed by atoms with van der Waals surface area (Å²) in [6.45, 7) is 1.51. The number of hydrogen-bond donors (Lipinski definition) is 0. The summed E-state index contributed by atoms with van der Waals surface area (Å²) < 4.78 is 27.0. The number of rotatable bonds is 2. The molecule has 0 saturated carbocycles. The van der Waals surface area contributed by atoms with Crippen LogP contribution in [0.2, 0.25) is 0 Å². The van der Waals surface area contributed by atoms with Gasteiger partial charge >= 0.3 is 0 Å². The molecule has 0 amide bonds. The maximum atomic E-state index is 13.7. The highest BCUT2D eigenvalue weighted by Crippen LogP contribution is 2.25. The number of hydrogen-bond acceptors (Lipinski definition) is 1. The van der Waals surface area contributed by atoms with Crippen LogP contribution in [0.15, 0.2) is 36.4 Å². The Balaban J connectivity index is 2.52. The van der Waals surface area contributed by atoms with Crippen molar-refractivity contribution in [3.05, 3.63) is 59.2 Å². The van der Waals surface area contributed by atoms with Crippen LogP contribution in [0, 0.1) is 18.6 Å². The molecule has 1 nitrogen and oxygen atoms in total. The van der Waals surface area contributed by atoms with Crippen LogP contribution in [0.3, 0.4) is 0 Å². The van der Waals surface area contributed by atoms with Gasteiger partial charge in [0, 0.05) is 11.1 Å². The third-order valence-corrected chi connectivity index (χ3v) is 2.61. The maximum absolute atomic E-state index is 13.7. The number of benzene rings is 2. The second-order valence-corrected chi connectivity index (χ2v) is 3.82. The summed E-state index contributed by atoms with van der Waals surface area (Å²) in [6, 6.07) is 8.66. The van der Waals surface area contributed by atoms with E-state index in [2.05, 4.69) is 0 Å². The van der Waals surface area contributed by atoms with Crippen molar-refractivity contribution >= 4 is 6.29 Å². The summed E-state index contributed by atoms with van der Waals surface area (Å²) in [5.74, 6) is -0.913. The zero-order valence-electron chi connectivity index (χ0n) is 9.21. The van der Waals surface area contributed by atoms with Crippen LogP contribution in [0.1, 0.15) is 15.9 Å². The zero-order chi connectivity index (χ0) is 12.4. The molecule has 0 heterocycles. The molecule has 0 atom stereocenters. The summed E-state index contributed by atoms with van der Waals surface area (Å²) in [4.78, 5) is 10.5. The van der Waals surface area contributed by atoms with Crippen molar-refractivity contribution in [2.45, 2.75) is 6.92 Å². The van der Waals surface area contributed by atoms with Crippen molar-refractivity contribution in [3.8, 4) is 11.1 Å². The number of aryl methyl sites for hydroxylation is 1. The van der Waals surface area contributed by atoms with Crippen molar-refractivity contribution in [1.82, 2.24) is 0 Å². The predicted octanol–water partition coefficient (Wildman–Crippen LogP) is 3.75. The summed E-state index contributed by atoms with van der Waals surface area (Å²) in [6.07, 6.45) is 0.704. The number of halogens is 2. The Morgan fingerprint density at radius 3 is 2.24 bits per heavy atom. The van der Waals surface area contributed by atoms with E-state index >= 15 is 0 Å². The van der Waals surface area contributed by atoms with E-state index in [0.29, 0.717) is 17.4 Å². The van der Waals surface area contributed by atoms with Gasteiger partial charge in [0.1, 0.15) is 17.9 Å². The minimum atomic E-state index is -0.470. The smallest absolute Gasteiger partial charge is 0.150 e. The van der Waals surface area contributed by atoms with E-state index in [1.54, 1.807) is 24.3 Å². The van der Waals surface area contributed by atoms with Crippen molar-refractivity contribution in [3.63, 3.8) is 0 Å². The van der Waals surface area contributed by atoms with E-state index in [1.165, 1.54) is 13.0 Å². The van der Waals surface area contributed by atoms with Gasteiger partial charge in [-0.2, -0.15) is 0 Å². The average Bonchev–Trinajstić information content (AvgIpc) is 2.34. The van der Waals surface area contributed by atoms with Gasteiger partial charge in [0.25, 0.3) is 0 Å². The first-order valence-electron chi connectivity index (χ1n) is 5.13. The number of carbonyl (C=O) groups excluding carboxylic acids is 1. The molecule has 0 fully saturated rings. The monoisotopic (exact) mass is 232 g/mol. The molecular formula is C14H10F2O. The van der Waals surface area contributed by atoms with Crippen LogP contribution in [0.25, 0.3) is 11.1 Å². The Morgan fingerprint density at radius 2 is 1.65 bits per heavy atom. The van der Waals surface area contributed by atoms with Crippen LogP contribution in [0.5, 0.6) is 0 Å². The first kappa shape index (κ1) is 11.5. The Bertz CT molecular complexity index is 559. The lowest BCUT2D eigenvalue weighted by Crippen LogP contribution is -1.90. The fraction of sp³-hybridized carbons (Fsp3) is 0.0714. The Hall–Kier alpha value is -2.03. The summed E-state index contributed by atoms with van der Waals surface area (Å²) in [7, 11) is 0. The molecule has 0 aliphatic rings. The third-order valence-electron chi connectivity index (χ3n) is 2.61. The molecule has 3 heteroatoms. The van der Waals surface area contributed by atoms with Crippen molar-refractivity contribution < 1.29 is 13.6 Å². The molecule has 0 spiro atoms. The molecule has 0 aliphatic heterocycles. The van der Waals surface area contributed by atoms with Crippen LogP contribution < -0.4 is 0 Å². The van der Waals surface area contributed by atoms with E-state index in [0.717, 1.165) is 6.07 Å². The molecule has 0 unspecified atom stereocenters. The standard InChI is InChI=1S/C14H10F2O/c1-9-6-14(16)12(7-13(9)15)11-4-2-10(8-17)3-5-11/h2-8H,1H3. The van der Waals surface area contributed by atoms with Crippen molar-refractivity contribution in [2.75, 3.05) is 0 Å². The second kappa shape index (κ2) is 4.45. The van der Waals surface area contributed by atoms with Crippen LogP contribution in [-0.4, -0.2) is 6.29 Å². The summed E-state index contributed by atoms with van der Waals surface area (Å²) in [5, 5.41) is 0. The minimum Gasteiger partial charge on any atom is -0.298 e. The van der Waals surface area contributed by atoms with Crippen molar-refractivity contribution in [2.24, 2.45) is 0 Å². The average molecular weight is 232 g/mol. The van der Waals surface area contributed by atoms with Gasteiger partial charge in [0.05, 0.1) is 0 Å². The van der Waals surface area contributed by atoms with Gasteiger partial charge in [-0.3, -0.25) is 4.79 Å². The van der Waals surface area contributed by atoms with Gasteiger partial charge in [-0.15, -0.1) is 0 Å². The Labute approximate surface area is 97.7 Å². The molecule has 0 aromatic heterocycles. The number of carbonyl (C=O) groups is 1. The molecular weight excluding hydrogens is 222 g/mol. The largest absolute Gasteiger partial charge is 0.298 e. The maximum Gasteiger partial charge on any atom is 0.150 e. The lowest BCUT2D eigenvalue weighted by molar-refractivity contribution is 0.112. The second-order valence-electron chi connectivity index (χ2n) is 3.82. The molecule has 2 rings (SSSR count). The quantitative estimate of drug-likeness (QED) is 0.720. The summed E-state index contributed by atoms with van der Waals surface area (Å²) in [5.41, 5.74) is 1.52. The minimum absolute atomic E-state index is 0.200. The highest BCUT2D eigenvalue weighted by molar-refractivity contribution is 5.77. The first-order valence-corrected chi connectivity index (χ1v) is 5.13. The molecule has 86 valence electrons. The highest BCUT2D eigenvalue weighted by atomic mass is 19.1. The summed E-state index contributed by atoms with van der Waals surface area (Å²) >= 11 is 0. The van der Waals surface area contributed by atoms with Crippen LogP contribution >= 0.6 is 0 Å². The third kappa shape index (κ3) is 2.23. The topological polar surface area (TPSA) is 17.1 Å². The van der Waals surface area contributed by atoms with Gasteiger partial charge < -0.3 is 0 Å². The van der Waals surface area contributed by atoms with Gasteiger partial charge in [-0.05, 0) is 30.2 Å². The molecule has 17 heavy (non-hydrogen) atoms. The lowest BCUT2D eigenvalue weighted by atomic mass is 10.0. The normalized spacial score (nSPS) is 10.3. The highest BCUT2D eigenvalue weighted by Gasteiger charge is 2.09. The molecule has 0 N–H and O–H groups in total. The van der Waals surface area contributed by atoms with E-state index in [4.69, 9.17) is 0 Å². The van der Waals surface area contributed by atoms with Gasteiger partial charge in [0.2, 0.25) is 0 Å². The van der Waals surface area contributed by atoms with Crippen LogP contribution in [-0.2, 0) is 0 Å². The molecule has 0 bridgehead atoms. The molecule has 2 aromatic carbocycles. The SMILES string of the molecule is Cc1cc(F)c(-c2ccc(C=O)cc2)cc1F. The molecule has 0 radical (unpaired) electrons. The van der Waals surface area contributed by atoms with Gasteiger partial charge in [-0.25, -0.2) is 8.78 Å². The van der Waals surface area contributed by atoms with E-state index in [9.17, 15) is 13.6 Å². The van der Waals surface area contributed by atoms with E-state index in [1.807, 2.05) is 0 Å². The Kier molecular flexibility index (Phi) is 3.00. The fourth-order valence-corrected chi connectivity index (χ4v) is 1.61. The zero-order valence-corrected chi connectivity index (χ0v) is 9.21. The molecule has 2 aromatic rings. The fourth-order valence-electron chi connectivity index (χ4n) is 1.61. The van der Waals surface area contributed by atoms with Crippen molar-refractivity contribution in [1.29, 1.82) is 0 Å². The van der Waals surface area contributed by atoms with Gasteiger partial charge in [-0.1, -0.05) is 24.3 Å². The predicted molar refractivity (Wildman–Crippen MR) is 61.9 cm³/mol. The molecule has 0 aliphatic carbocycles. The van der Waals surface area contributed by atoms with Gasteiger partial charge in [0.15, 0.2) is 0 Å². The number of aldehydes is 1. The van der Waals surface area contributed by atoms with Crippen LogP contribution in [0.4, 0.5) is 8.78 Å². The van der Waals surface area contributed by atoms with E-state index < -0.39 is 11.6 Å². The van der Waals surface area contributed by atoms with E-state index in [-0.39, 0.29) is 11.1 Å². The lowest BCUT2D eigenvalue weighted by Gasteiger charge is -2.06.